The van der Waals surface area contributed by atoms with Gasteiger partial charge in [0.2, 0.25) is 5.91 Å². The molecule has 1 amide bonds. The number of hydrogen-bond acceptors (Lipinski definition) is 5. The highest BCUT2D eigenvalue weighted by Crippen LogP contribution is 2.28. The van der Waals surface area contributed by atoms with E-state index in [1.165, 1.54) is 12.1 Å². The zero-order chi connectivity index (χ0) is 15.7. The average Bonchev–Trinajstić information content (AvgIpc) is 2.45. The molecule has 7 heteroatoms. The number of nitrogens with two attached hydrogens (primary N) is 1. The molecule has 1 aromatic rings. The highest BCUT2D eigenvalue weighted by molar-refractivity contribution is 5.82. The van der Waals surface area contributed by atoms with Gasteiger partial charge in [0, 0.05) is 25.8 Å². The molecule has 0 unspecified atom stereocenters. The zero-order valence-electron chi connectivity index (χ0n) is 12.4. The lowest BCUT2D eigenvalue weighted by atomic mass is 10.2. The second-order valence-corrected chi connectivity index (χ2v) is 4.41. The normalized spacial score (nSPS) is 10.2. The van der Waals surface area contributed by atoms with E-state index in [4.69, 9.17) is 15.2 Å². The summed E-state index contributed by atoms with van der Waals surface area (Å²) in [6.45, 7) is 3.25. The average molecular weight is 299 g/mol. The second kappa shape index (κ2) is 9.02. The van der Waals surface area contributed by atoms with Crippen molar-refractivity contribution >= 4 is 17.3 Å². The van der Waals surface area contributed by atoms with Gasteiger partial charge in [-0.05, 0) is 6.42 Å². The topological polar surface area (TPSA) is 85.6 Å². The maximum Gasteiger partial charge on any atom is 0.239 e. The maximum atomic E-state index is 13.6. The number of benzene rings is 1. The first-order valence-electron chi connectivity index (χ1n) is 6.79. The Labute approximate surface area is 123 Å². The molecule has 0 aromatic heterocycles. The lowest BCUT2D eigenvalue weighted by molar-refractivity contribution is -0.119. The first-order valence-corrected chi connectivity index (χ1v) is 6.79. The van der Waals surface area contributed by atoms with Crippen LogP contribution in [0.4, 0.5) is 15.8 Å². The standard InChI is InChI=1S/C14H22FN3O3/c1-3-5-21-13-8-12(11(16)7-10(13)15)18-9-14(19)17-4-6-20-2/h7-8,18H,3-6,9,16H2,1-2H3,(H,17,19). The van der Waals surface area contributed by atoms with Crippen LogP contribution in [0.1, 0.15) is 13.3 Å². The number of ether oxygens (including phenoxy) is 2. The molecule has 1 aromatic carbocycles. The molecule has 0 saturated heterocycles. The Bertz CT molecular complexity index is 469. The molecule has 0 fully saturated rings. The molecule has 0 saturated carbocycles. The predicted octanol–water partition coefficient (Wildman–Crippen LogP) is 1.37. The van der Waals surface area contributed by atoms with Crippen LogP contribution in [0.25, 0.3) is 0 Å². The highest BCUT2D eigenvalue weighted by atomic mass is 19.1. The van der Waals surface area contributed by atoms with E-state index in [1.54, 1.807) is 7.11 Å². The fourth-order valence-electron chi connectivity index (χ4n) is 1.58. The number of methoxy groups -OCH3 is 1. The van der Waals surface area contributed by atoms with Gasteiger partial charge in [0.05, 0.1) is 31.1 Å². The largest absolute Gasteiger partial charge is 0.490 e. The first-order chi connectivity index (χ1) is 10.1. The van der Waals surface area contributed by atoms with E-state index in [1.807, 2.05) is 6.92 Å². The van der Waals surface area contributed by atoms with Crippen molar-refractivity contribution in [3.63, 3.8) is 0 Å². The van der Waals surface area contributed by atoms with Gasteiger partial charge in [0.1, 0.15) is 0 Å². The van der Waals surface area contributed by atoms with Gasteiger partial charge in [-0.2, -0.15) is 0 Å². The Balaban J connectivity index is 2.59. The van der Waals surface area contributed by atoms with Crippen LogP contribution in [-0.2, 0) is 9.53 Å². The molecule has 4 N–H and O–H groups in total. The summed E-state index contributed by atoms with van der Waals surface area (Å²) in [4.78, 5) is 11.6. The number of rotatable bonds is 9. The zero-order valence-corrected chi connectivity index (χ0v) is 12.4. The van der Waals surface area contributed by atoms with Gasteiger partial charge in [-0.25, -0.2) is 4.39 Å². The van der Waals surface area contributed by atoms with Crippen LogP contribution in [0.5, 0.6) is 5.75 Å². The molecule has 21 heavy (non-hydrogen) atoms. The summed E-state index contributed by atoms with van der Waals surface area (Å²) in [5, 5.41) is 5.52. The van der Waals surface area contributed by atoms with Crippen molar-refractivity contribution in [2.75, 3.05) is 44.5 Å². The molecule has 0 bridgehead atoms. The van der Waals surface area contributed by atoms with Crippen LogP contribution in [0.2, 0.25) is 0 Å². The summed E-state index contributed by atoms with van der Waals surface area (Å²) in [6, 6.07) is 2.64. The lowest BCUT2D eigenvalue weighted by Crippen LogP contribution is -2.32. The van der Waals surface area contributed by atoms with Gasteiger partial charge in [-0.15, -0.1) is 0 Å². The van der Waals surface area contributed by atoms with Crippen LogP contribution in [0.15, 0.2) is 12.1 Å². The molecule has 0 aliphatic rings. The van der Waals surface area contributed by atoms with E-state index in [-0.39, 0.29) is 23.9 Å². The minimum atomic E-state index is -0.518. The molecular weight excluding hydrogens is 277 g/mol. The third kappa shape index (κ3) is 5.86. The SMILES string of the molecule is CCCOc1cc(NCC(=O)NCCOC)c(N)cc1F. The summed E-state index contributed by atoms with van der Waals surface area (Å²) in [5.41, 5.74) is 6.40. The summed E-state index contributed by atoms with van der Waals surface area (Å²) in [6.07, 6.45) is 0.772. The monoisotopic (exact) mass is 299 g/mol. The van der Waals surface area contributed by atoms with E-state index in [0.717, 1.165) is 6.42 Å². The molecule has 0 radical (unpaired) electrons. The fraction of sp³-hybridized carbons (Fsp3) is 0.500. The second-order valence-electron chi connectivity index (χ2n) is 4.41. The Morgan fingerprint density at radius 1 is 1.38 bits per heavy atom. The van der Waals surface area contributed by atoms with Gasteiger partial charge >= 0.3 is 0 Å². The van der Waals surface area contributed by atoms with E-state index < -0.39 is 5.82 Å². The number of anilines is 2. The van der Waals surface area contributed by atoms with Crippen molar-refractivity contribution in [2.24, 2.45) is 0 Å². The van der Waals surface area contributed by atoms with Crippen molar-refractivity contribution < 1.29 is 18.7 Å². The first kappa shape index (κ1) is 17.0. The fourth-order valence-corrected chi connectivity index (χ4v) is 1.58. The number of amides is 1. The van der Waals surface area contributed by atoms with Gasteiger partial charge in [-0.3, -0.25) is 4.79 Å². The van der Waals surface area contributed by atoms with E-state index in [9.17, 15) is 9.18 Å². The van der Waals surface area contributed by atoms with E-state index in [2.05, 4.69) is 10.6 Å². The van der Waals surface area contributed by atoms with E-state index >= 15 is 0 Å². The molecule has 0 heterocycles. The molecule has 1 rings (SSSR count). The van der Waals surface area contributed by atoms with Gasteiger partial charge in [0.25, 0.3) is 0 Å². The molecule has 0 atom stereocenters. The highest BCUT2D eigenvalue weighted by Gasteiger charge is 2.10. The van der Waals surface area contributed by atoms with Gasteiger partial charge < -0.3 is 25.8 Å². The molecule has 118 valence electrons. The van der Waals surface area contributed by atoms with Crippen molar-refractivity contribution in [2.45, 2.75) is 13.3 Å². The summed E-state index contributed by atoms with van der Waals surface area (Å²) < 4.78 is 23.7. The quantitative estimate of drug-likeness (QED) is 0.474. The predicted molar refractivity (Wildman–Crippen MR) is 80.0 cm³/mol. The van der Waals surface area contributed by atoms with Crippen molar-refractivity contribution in [1.82, 2.24) is 5.32 Å². The number of nitrogens with one attached hydrogen (secondary N) is 2. The van der Waals surface area contributed by atoms with Crippen molar-refractivity contribution in [1.29, 1.82) is 0 Å². The lowest BCUT2D eigenvalue weighted by Gasteiger charge is -2.13. The Morgan fingerprint density at radius 3 is 2.81 bits per heavy atom. The minimum Gasteiger partial charge on any atom is -0.490 e. The molecule has 0 aliphatic carbocycles. The van der Waals surface area contributed by atoms with Crippen molar-refractivity contribution in [3.05, 3.63) is 17.9 Å². The third-order valence-corrected chi connectivity index (χ3v) is 2.63. The Hall–Kier alpha value is -2.02. The van der Waals surface area contributed by atoms with Crippen LogP contribution >= 0.6 is 0 Å². The smallest absolute Gasteiger partial charge is 0.239 e. The molecule has 0 aliphatic heterocycles. The van der Waals surface area contributed by atoms with Crippen LogP contribution < -0.4 is 21.1 Å². The molecule has 0 spiro atoms. The van der Waals surface area contributed by atoms with Gasteiger partial charge in [-0.1, -0.05) is 6.92 Å². The summed E-state index contributed by atoms with van der Waals surface area (Å²) in [7, 11) is 1.56. The summed E-state index contributed by atoms with van der Waals surface area (Å²) >= 11 is 0. The van der Waals surface area contributed by atoms with Crippen molar-refractivity contribution in [3.8, 4) is 5.75 Å². The number of nitrogen functional groups attached to an aromatic ring is 1. The van der Waals surface area contributed by atoms with Crippen LogP contribution in [-0.4, -0.2) is 39.3 Å². The number of hydrogen-bond donors (Lipinski definition) is 3. The summed E-state index contributed by atoms with van der Waals surface area (Å²) in [5.74, 6) is -0.601. The minimum absolute atomic E-state index is 0.0345. The van der Waals surface area contributed by atoms with E-state index in [0.29, 0.717) is 25.4 Å². The number of halogens is 1. The Kier molecular flexibility index (Phi) is 7.31. The van der Waals surface area contributed by atoms with Gasteiger partial charge in [0.15, 0.2) is 11.6 Å². The Morgan fingerprint density at radius 2 is 2.14 bits per heavy atom. The number of carbonyl (C=O) groups excluding carboxylic acids is 1. The van der Waals surface area contributed by atoms with Crippen LogP contribution in [0, 0.1) is 5.82 Å². The van der Waals surface area contributed by atoms with Crippen LogP contribution in [0.3, 0.4) is 0 Å². The maximum absolute atomic E-state index is 13.6. The molecular formula is C14H22FN3O3. The third-order valence-electron chi connectivity index (χ3n) is 2.63. The molecule has 6 nitrogen and oxygen atoms in total. The number of carbonyl (C=O) groups is 1.